The van der Waals surface area contributed by atoms with Gasteiger partial charge in [-0.2, -0.15) is 0 Å². The molecule has 0 aliphatic rings. The van der Waals surface area contributed by atoms with Crippen LogP contribution in [0.15, 0.2) is 66.7 Å². The number of Topliss-reactive ketones (excluding diaryl/α,β-unsaturated/α-hetero) is 1. The second-order valence-electron chi connectivity index (χ2n) is 6.00. The molecule has 3 aromatic carbocycles. The van der Waals surface area contributed by atoms with Crippen molar-refractivity contribution in [3.05, 3.63) is 83.4 Å². The number of benzene rings is 3. The molecule has 0 aromatic heterocycles. The first kappa shape index (κ1) is 16.8. The van der Waals surface area contributed by atoms with Crippen molar-refractivity contribution in [2.75, 3.05) is 0 Å². The zero-order valence-electron chi connectivity index (χ0n) is 14.3. The number of hydrogen-bond acceptors (Lipinski definition) is 3. The first-order valence-electron chi connectivity index (χ1n) is 8.17. The highest BCUT2D eigenvalue weighted by Crippen LogP contribution is 2.31. The third kappa shape index (κ3) is 3.72. The summed E-state index contributed by atoms with van der Waals surface area (Å²) < 4.78 is 5.86. The maximum Gasteiger partial charge on any atom is 0.163 e. The lowest BCUT2D eigenvalue weighted by atomic mass is 10.0. The predicted octanol–water partition coefficient (Wildman–Crippen LogP) is 5.15. The lowest BCUT2D eigenvalue weighted by Gasteiger charge is -2.13. The molecule has 3 heteroatoms. The third-order valence-corrected chi connectivity index (χ3v) is 4.19. The van der Waals surface area contributed by atoms with E-state index in [2.05, 4.69) is 24.3 Å². The van der Waals surface area contributed by atoms with E-state index < -0.39 is 0 Å². The molecule has 1 N–H and O–H groups in total. The quantitative estimate of drug-likeness (QED) is 0.657. The van der Waals surface area contributed by atoms with E-state index in [1.54, 1.807) is 19.1 Å². The SMILES string of the molecule is CC(=O)c1ccc(OCc2cccc(-c3ccccc3)c2)c(C)c1O. The van der Waals surface area contributed by atoms with Crippen LogP contribution < -0.4 is 4.74 Å². The zero-order chi connectivity index (χ0) is 17.8. The van der Waals surface area contributed by atoms with Gasteiger partial charge in [-0.15, -0.1) is 0 Å². The average Bonchev–Trinajstić information content (AvgIpc) is 2.63. The number of ketones is 1. The molecule has 0 aliphatic heterocycles. The highest BCUT2D eigenvalue weighted by atomic mass is 16.5. The van der Waals surface area contributed by atoms with Gasteiger partial charge in [0.15, 0.2) is 5.78 Å². The van der Waals surface area contributed by atoms with Gasteiger partial charge in [0.05, 0.1) is 5.56 Å². The van der Waals surface area contributed by atoms with Crippen molar-refractivity contribution in [2.24, 2.45) is 0 Å². The Balaban J connectivity index is 1.79. The molecule has 0 bridgehead atoms. The van der Waals surface area contributed by atoms with Crippen LogP contribution in [0.25, 0.3) is 11.1 Å². The molecular formula is C22H20O3. The van der Waals surface area contributed by atoms with Gasteiger partial charge >= 0.3 is 0 Å². The third-order valence-electron chi connectivity index (χ3n) is 4.19. The topological polar surface area (TPSA) is 46.5 Å². The normalized spacial score (nSPS) is 10.5. The summed E-state index contributed by atoms with van der Waals surface area (Å²) in [5.74, 6) is 0.401. The maximum absolute atomic E-state index is 11.5. The summed E-state index contributed by atoms with van der Waals surface area (Å²) in [6, 6.07) is 21.7. The Morgan fingerprint density at radius 2 is 1.68 bits per heavy atom. The van der Waals surface area contributed by atoms with Crippen molar-refractivity contribution in [3.63, 3.8) is 0 Å². The van der Waals surface area contributed by atoms with Crippen LogP contribution in [0.3, 0.4) is 0 Å². The highest BCUT2D eigenvalue weighted by molar-refractivity contribution is 5.97. The molecule has 3 rings (SSSR count). The fourth-order valence-corrected chi connectivity index (χ4v) is 2.75. The Labute approximate surface area is 147 Å². The Kier molecular flexibility index (Phi) is 4.85. The van der Waals surface area contributed by atoms with E-state index in [0.717, 1.165) is 16.7 Å². The molecule has 3 aromatic rings. The first-order chi connectivity index (χ1) is 12.1. The molecule has 0 unspecified atom stereocenters. The van der Waals surface area contributed by atoms with Gasteiger partial charge < -0.3 is 9.84 Å². The lowest BCUT2D eigenvalue weighted by Crippen LogP contribution is -2.00. The number of aromatic hydroxyl groups is 1. The molecule has 3 nitrogen and oxygen atoms in total. The van der Waals surface area contributed by atoms with Gasteiger partial charge in [-0.3, -0.25) is 4.79 Å². The van der Waals surface area contributed by atoms with Crippen LogP contribution in [0.5, 0.6) is 11.5 Å². The summed E-state index contributed by atoms with van der Waals surface area (Å²) in [7, 11) is 0. The molecule has 0 radical (unpaired) electrons. The van der Waals surface area contributed by atoms with E-state index >= 15 is 0 Å². The molecule has 0 fully saturated rings. The Hall–Kier alpha value is -3.07. The van der Waals surface area contributed by atoms with Gasteiger partial charge in [-0.25, -0.2) is 0 Å². The monoisotopic (exact) mass is 332 g/mol. The fourth-order valence-electron chi connectivity index (χ4n) is 2.75. The second kappa shape index (κ2) is 7.22. The number of hydrogen-bond donors (Lipinski definition) is 1. The van der Waals surface area contributed by atoms with E-state index in [4.69, 9.17) is 4.74 Å². The molecule has 0 aliphatic carbocycles. The standard InChI is InChI=1S/C22H20O3/c1-15-21(12-11-20(16(2)23)22(15)24)25-14-17-7-6-10-19(13-17)18-8-4-3-5-9-18/h3-13,24H,14H2,1-2H3. The summed E-state index contributed by atoms with van der Waals surface area (Å²) in [6.45, 7) is 3.57. The minimum atomic E-state index is -0.164. The number of carbonyl (C=O) groups excluding carboxylic acids is 1. The molecule has 25 heavy (non-hydrogen) atoms. The number of ether oxygens (including phenoxy) is 1. The van der Waals surface area contributed by atoms with Crippen LogP contribution >= 0.6 is 0 Å². The van der Waals surface area contributed by atoms with E-state index in [-0.39, 0.29) is 11.5 Å². The smallest absolute Gasteiger partial charge is 0.163 e. The Morgan fingerprint density at radius 3 is 2.40 bits per heavy atom. The fraction of sp³-hybridized carbons (Fsp3) is 0.136. The second-order valence-corrected chi connectivity index (χ2v) is 6.00. The van der Waals surface area contributed by atoms with E-state index in [0.29, 0.717) is 23.5 Å². The van der Waals surface area contributed by atoms with Gasteiger partial charge in [-0.05, 0) is 48.7 Å². The molecule has 126 valence electrons. The molecule has 0 heterocycles. The van der Waals surface area contributed by atoms with Crippen molar-refractivity contribution < 1.29 is 14.6 Å². The van der Waals surface area contributed by atoms with Crippen molar-refractivity contribution in [3.8, 4) is 22.6 Å². The van der Waals surface area contributed by atoms with Gasteiger partial charge in [0.25, 0.3) is 0 Å². The number of rotatable bonds is 5. The van der Waals surface area contributed by atoms with Crippen LogP contribution in [0.4, 0.5) is 0 Å². The average molecular weight is 332 g/mol. The van der Waals surface area contributed by atoms with Crippen molar-refractivity contribution in [1.29, 1.82) is 0 Å². The molecule has 0 atom stereocenters. The predicted molar refractivity (Wildman–Crippen MR) is 99.1 cm³/mol. The van der Waals surface area contributed by atoms with Crippen molar-refractivity contribution in [1.82, 2.24) is 0 Å². The van der Waals surface area contributed by atoms with Gasteiger partial charge in [0.1, 0.15) is 18.1 Å². The first-order valence-corrected chi connectivity index (χ1v) is 8.17. The molecule has 0 saturated heterocycles. The molecule has 0 saturated carbocycles. The van der Waals surface area contributed by atoms with Crippen molar-refractivity contribution >= 4 is 5.78 Å². The highest BCUT2D eigenvalue weighted by Gasteiger charge is 2.13. The van der Waals surface area contributed by atoms with Crippen molar-refractivity contribution in [2.45, 2.75) is 20.5 Å². The van der Waals surface area contributed by atoms with Crippen LogP contribution in [-0.2, 0) is 6.61 Å². The van der Waals surface area contributed by atoms with Crippen LogP contribution in [0, 0.1) is 6.92 Å². The maximum atomic E-state index is 11.5. The van der Waals surface area contributed by atoms with E-state index in [1.165, 1.54) is 6.92 Å². The zero-order valence-corrected chi connectivity index (χ0v) is 14.3. The Morgan fingerprint density at radius 1 is 0.960 bits per heavy atom. The summed E-state index contributed by atoms with van der Waals surface area (Å²) in [5.41, 5.74) is 4.22. The number of phenols is 1. The Bertz CT molecular complexity index is 898. The molecule has 0 spiro atoms. The van der Waals surface area contributed by atoms with Gasteiger partial charge in [0, 0.05) is 5.56 Å². The molecular weight excluding hydrogens is 312 g/mol. The van der Waals surface area contributed by atoms with Crippen LogP contribution in [0.2, 0.25) is 0 Å². The number of carbonyl (C=O) groups is 1. The summed E-state index contributed by atoms with van der Waals surface area (Å²) >= 11 is 0. The summed E-state index contributed by atoms with van der Waals surface area (Å²) in [5, 5.41) is 10.1. The van der Waals surface area contributed by atoms with Crippen LogP contribution in [0.1, 0.15) is 28.4 Å². The van der Waals surface area contributed by atoms with Gasteiger partial charge in [0.2, 0.25) is 0 Å². The van der Waals surface area contributed by atoms with Crippen LogP contribution in [-0.4, -0.2) is 10.9 Å². The molecule has 0 amide bonds. The largest absolute Gasteiger partial charge is 0.507 e. The van der Waals surface area contributed by atoms with Gasteiger partial charge in [-0.1, -0.05) is 48.5 Å². The number of phenolic OH excluding ortho intramolecular Hbond substituents is 1. The summed E-state index contributed by atoms with van der Waals surface area (Å²) in [4.78, 5) is 11.5. The summed E-state index contributed by atoms with van der Waals surface area (Å²) in [6.07, 6.45) is 0. The van der Waals surface area contributed by atoms with E-state index in [1.807, 2.05) is 30.3 Å². The lowest BCUT2D eigenvalue weighted by molar-refractivity contribution is 0.101. The minimum Gasteiger partial charge on any atom is -0.507 e. The van der Waals surface area contributed by atoms with E-state index in [9.17, 15) is 9.90 Å². The minimum absolute atomic E-state index is 0.0111.